The van der Waals surface area contributed by atoms with E-state index in [1.165, 1.54) is 46.4 Å². The van der Waals surface area contributed by atoms with Crippen molar-refractivity contribution in [3.05, 3.63) is 83.6 Å². The van der Waals surface area contributed by atoms with Gasteiger partial charge in [0.2, 0.25) is 0 Å². The third-order valence-corrected chi connectivity index (χ3v) is 8.63. The summed E-state index contributed by atoms with van der Waals surface area (Å²) in [7, 11) is 2.59. The van der Waals surface area contributed by atoms with Crippen LogP contribution in [-0.2, 0) is 10.8 Å². The van der Waals surface area contributed by atoms with Crippen molar-refractivity contribution in [2.45, 2.75) is 74.9 Å². The maximum atomic E-state index is 14.0. The van der Waals surface area contributed by atoms with E-state index in [2.05, 4.69) is 15.5 Å². The van der Waals surface area contributed by atoms with Gasteiger partial charge in [0, 0.05) is 34.3 Å². The average molecular weight is 736 g/mol. The van der Waals surface area contributed by atoms with Crippen LogP contribution in [-0.4, -0.2) is 76.4 Å². The molecule has 0 aliphatic carbocycles. The molecule has 16 heteroatoms. The molecule has 8 nitrogen and oxygen atoms in total. The number of aromatic nitrogens is 2. The smallest absolute Gasteiger partial charge is 0.419 e. The number of ether oxygens (including phenoxy) is 2. The number of anilines is 1. The molecular formula is C35H41F8N3O5. The van der Waals surface area contributed by atoms with Gasteiger partial charge in [0.25, 0.3) is 0 Å². The minimum Gasteiger partial charge on any atom is -0.496 e. The third kappa shape index (κ3) is 9.40. The number of benzene rings is 3. The summed E-state index contributed by atoms with van der Waals surface area (Å²) in [5.41, 5.74) is -6.92. The Labute approximate surface area is 289 Å². The molecule has 0 saturated carbocycles. The molecule has 1 heterocycles. The van der Waals surface area contributed by atoms with Gasteiger partial charge in [-0.15, -0.1) is 0 Å². The topological polar surface area (TPSA) is 120 Å². The number of fused-ring (bicyclic) bond motifs is 1. The molecule has 1 aromatic heterocycles. The zero-order valence-corrected chi connectivity index (χ0v) is 28.7. The summed E-state index contributed by atoms with van der Waals surface area (Å²) < 4.78 is 117. The second-order valence-corrected chi connectivity index (χ2v) is 13.5. The van der Waals surface area contributed by atoms with Crippen molar-refractivity contribution in [3.63, 3.8) is 0 Å². The number of halogens is 8. The molecule has 0 fully saturated rings. The lowest BCUT2D eigenvalue weighted by atomic mass is 9.74. The molecule has 0 amide bonds. The molecule has 4 aromatic rings. The van der Waals surface area contributed by atoms with E-state index in [0.29, 0.717) is 27.7 Å². The second kappa shape index (κ2) is 15.2. The minimum atomic E-state index is -4.98. The number of rotatable bonds is 12. The van der Waals surface area contributed by atoms with Crippen LogP contribution < -0.4 is 14.8 Å². The Balaban J connectivity index is 0.000000295. The van der Waals surface area contributed by atoms with Gasteiger partial charge in [0.05, 0.1) is 39.1 Å². The number of aliphatic hydroxyl groups is 3. The highest BCUT2D eigenvalue weighted by molar-refractivity contribution is 5.90. The molecule has 3 aromatic carbocycles. The number of nitrogens with one attached hydrogen (secondary N) is 2. The Bertz CT molecular complexity index is 1780. The molecule has 2 atom stereocenters. The highest BCUT2D eigenvalue weighted by atomic mass is 19.4. The fourth-order valence-corrected chi connectivity index (χ4v) is 5.97. The van der Waals surface area contributed by atoms with E-state index in [9.17, 15) is 45.3 Å². The van der Waals surface area contributed by atoms with Crippen LogP contribution in [0.25, 0.3) is 10.9 Å². The maximum absolute atomic E-state index is 14.0. The van der Waals surface area contributed by atoms with Crippen LogP contribution in [0.15, 0.2) is 60.8 Å². The van der Waals surface area contributed by atoms with Gasteiger partial charge in [-0.2, -0.15) is 31.4 Å². The monoisotopic (exact) mass is 735 g/mol. The van der Waals surface area contributed by atoms with E-state index in [1.807, 2.05) is 0 Å². The third-order valence-electron chi connectivity index (χ3n) is 8.63. The predicted octanol–water partition coefficient (Wildman–Crippen LogP) is 7.57. The number of H-pyrrole nitrogens is 1. The Hall–Kier alpha value is -4.15. The summed E-state index contributed by atoms with van der Waals surface area (Å²) in [5, 5.41) is 39.3. The number of hydrogen-bond donors (Lipinski definition) is 5. The lowest BCUT2D eigenvalue weighted by molar-refractivity contribution is -0.277. The van der Waals surface area contributed by atoms with Gasteiger partial charge in [0.15, 0.2) is 11.2 Å². The number of hydrogen-bond acceptors (Lipinski definition) is 7. The van der Waals surface area contributed by atoms with E-state index in [4.69, 9.17) is 14.6 Å². The molecular weight excluding hydrogens is 694 g/mol. The van der Waals surface area contributed by atoms with Gasteiger partial charge < -0.3 is 30.1 Å². The quantitative estimate of drug-likeness (QED) is 0.0953. The minimum absolute atomic E-state index is 0.0856. The first-order valence-electron chi connectivity index (χ1n) is 15.5. The molecule has 4 rings (SSSR count). The van der Waals surface area contributed by atoms with Gasteiger partial charge >= 0.3 is 12.4 Å². The van der Waals surface area contributed by atoms with Crippen LogP contribution in [0.3, 0.4) is 0 Å². The van der Waals surface area contributed by atoms with Crippen LogP contribution in [0.2, 0.25) is 0 Å². The number of methoxy groups -OCH3 is 2. The van der Waals surface area contributed by atoms with Gasteiger partial charge in [-0.25, -0.2) is 8.78 Å². The normalized spacial score (nSPS) is 15.0. The van der Waals surface area contributed by atoms with Crippen molar-refractivity contribution < 1.29 is 59.9 Å². The molecule has 0 spiro atoms. The van der Waals surface area contributed by atoms with Crippen molar-refractivity contribution >= 4 is 16.6 Å². The Morgan fingerprint density at radius 1 is 0.725 bits per heavy atom. The summed E-state index contributed by atoms with van der Waals surface area (Å²) >= 11 is 0. The predicted molar refractivity (Wildman–Crippen MR) is 175 cm³/mol. The SMILES string of the molecule is COc1cc(F)ccc1C(C)(C)CC(O)(CNc1cccc2[nH]ncc12)C(F)(F)F.COc1cc(F)ccc1C(C)(C)CC(O)(CO)C(F)(F)F. The second-order valence-electron chi connectivity index (χ2n) is 13.5. The Morgan fingerprint density at radius 2 is 1.20 bits per heavy atom. The molecule has 0 aliphatic heterocycles. The summed E-state index contributed by atoms with van der Waals surface area (Å²) in [6.07, 6.45) is -9.85. The molecule has 0 radical (unpaired) electrons. The molecule has 282 valence electrons. The molecule has 2 unspecified atom stereocenters. The first-order chi connectivity index (χ1) is 23.4. The highest BCUT2D eigenvalue weighted by Crippen LogP contribution is 2.45. The summed E-state index contributed by atoms with van der Waals surface area (Å²) in [5.74, 6) is -0.935. The van der Waals surface area contributed by atoms with E-state index in [-0.39, 0.29) is 11.5 Å². The Morgan fingerprint density at radius 3 is 1.63 bits per heavy atom. The van der Waals surface area contributed by atoms with Crippen LogP contribution in [0.5, 0.6) is 11.5 Å². The van der Waals surface area contributed by atoms with Crippen molar-refractivity contribution in [1.82, 2.24) is 10.2 Å². The molecule has 0 aliphatic rings. The lowest BCUT2D eigenvalue weighted by Crippen LogP contribution is -2.53. The van der Waals surface area contributed by atoms with Crippen molar-refractivity contribution in [3.8, 4) is 11.5 Å². The highest BCUT2D eigenvalue weighted by Gasteiger charge is 2.57. The van der Waals surface area contributed by atoms with Gasteiger partial charge in [-0.1, -0.05) is 45.9 Å². The number of aromatic amines is 1. The van der Waals surface area contributed by atoms with Crippen LogP contribution >= 0.6 is 0 Å². The Kier molecular flexibility index (Phi) is 12.3. The maximum Gasteiger partial charge on any atom is 0.419 e. The average Bonchev–Trinajstić information content (AvgIpc) is 3.52. The van der Waals surface area contributed by atoms with Gasteiger partial charge in [-0.3, -0.25) is 5.10 Å². The summed E-state index contributed by atoms with van der Waals surface area (Å²) in [6.45, 7) is 3.79. The van der Waals surface area contributed by atoms with Crippen LogP contribution in [0.1, 0.15) is 51.7 Å². The number of alkyl halides is 6. The summed E-state index contributed by atoms with van der Waals surface area (Å²) in [4.78, 5) is 0. The number of aliphatic hydroxyl groups excluding tert-OH is 1. The fourth-order valence-electron chi connectivity index (χ4n) is 5.97. The molecule has 5 N–H and O–H groups in total. The number of nitrogens with zero attached hydrogens (tertiary/aromatic N) is 1. The largest absolute Gasteiger partial charge is 0.496 e. The van der Waals surface area contributed by atoms with Crippen LogP contribution in [0, 0.1) is 11.6 Å². The van der Waals surface area contributed by atoms with Crippen molar-refractivity contribution in [1.29, 1.82) is 0 Å². The molecule has 0 bridgehead atoms. The zero-order chi connectivity index (χ0) is 38.6. The molecule has 0 saturated heterocycles. The zero-order valence-electron chi connectivity index (χ0n) is 28.7. The fraction of sp³-hybridized carbons (Fsp3) is 0.457. The van der Waals surface area contributed by atoms with E-state index < -0.39 is 72.0 Å². The van der Waals surface area contributed by atoms with Crippen LogP contribution in [0.4, 0.5) is 40.8 Å². The first-order valence-corrected chi connectivity index (χ1v) is 15.5. The lowest BCUT2D eigenvalue weighted by Gasteiger charge is -2.38. The van der Waals surface area contributed by atoms with E-state index in [1.54, 1.807) is 32.0 Å². The standard InChI is InChI=1S/C21H23F4N3O2.C14H18F4O3/c1-19(2,15-8-7-13(22)9-18(15)30-3)11-20(29,21(23,24)25)12-26-16-5-4-6-17-14(16)10-27-28-17;1-12(2,7-13(20,8-19)14(16,17)18)10-5-4-9(15)6-11(10)21-3/h4-10,26,29H,11-12H2,1-3H3,(H,27,28);4-6,19-20H,7-8H2,1-3H3. The summed E-state index contributed by atoms with van der Waals surface area (Å²) in [6, 6.07) is 12.1. The van der Waals surface area contributed by atoms with Crippen molar-refractivity contribution in [2.75, 3.05) is 32.7 Å². The van der Waals surface area contributed by atoms with Gasteiger partial charge in [0.1, 0.15) is 23.1 Å². The van der Waals surface area contributed by atoms with Gasteiger partial charge in [-0.05, 0) is 47.9 Å². The first kappa shape index (κ1) is 41.3. The van der Waals surface area contributed by atoms with Crippen molar-refractivity contribution in [2.24, 2.45) is 0 Å². The van der Waals surface area contributed by atoms with E-state index in [0.717, 1.165) is 24.3 Å². The molecule has 51 heavy (non-hydrogen) atoms. The van der Waals surface area contributed by atoms with E-state index >= 15 is 0 Å².